The van der Waals surface area contributed by atoms with Gasteiger partial charge in [-0.15, -0.1) is 0 Å². The van der Waals surface area contributed by atoms with Gasteiger partial charge in [0, 0.05) is 6.54 Å². The molecule has 0 fully saturated rings. The minimum atomic E-state index is -4.27. The number of aliphatic carboxylic acids is 1. The van der Waals surface area contributed by atoms with Crippen LogP contribution in [-0.2, 0) is 4.79 Å². The van der Waals surface area contributed by atoms with Crippen LogP contribution < -0.4 is 5.73 Å². The fourth-order valence-electron chi connectivity index (χ4n) is 1.10. The predicted molar refractivity (Wildman–Crippen MR) is 53.0 cm³/mol. The fourth-order valence-corrected chi connectivity index (χ4v) is 1.10. The van der Waals surface area contributed by atoms with Crippen LogP contribution >= 0.6 is 0 Å². The van der Waals surface area contributed by atoms with Crippen LogP contribution in [0.4, 0.5) is 13.2 Å². The van der Waals surface area contributed by atoms with Crippen LogP contribution in [0.25, 0.3) is 0 Å². The molecule has 0 saturated carbocycles. The summed E-state index contributed by atoms with van der Waals surface area (Å²) in [5.74, 6) is -1.21. The van der Waals surface area contributed by atoms with Crippen molar-refractivity contribution in [3.63, 3.8) is 0 Å². The lowest BCUT2D eigenvalue weighted by atomic mass is 9.99. The molecule has 0 aliphatic heterocycles. The summed E-state index contributed by atoms with van der Waals surface area (Å²) >= 11 is 0. The minimum Gasteiger partial charge on any atom is -0.480 e. The highest BCUT2D eigenvalue weighted by atomic mass is 19.4. The lowest BCUT2D eigenvalue weighted by Crippen LogP contribution is -2.48. The van der Waals surface area contributed by atoms with E-state index in [2.05, 4.69) is 0 Å². The Kier molecular flexibility index (Phi) is 5.21. The van der Waals surface area contributed by atoms with Gasteiger partial charge >= 0.3 is 12.1 Å². The summed E-state index contributed by atoms with van der Waals surface area (Å²) in [6.07, 6.45) is -4.30. The topological polar surface area (TPSA) is 66.6 Å². The molecule has 1 unspecified atom stereocenters. The lowest BCUT2D eigenvalue weighted by molar-refractivity contribution is -0.147. The molecule has 96 valence electrons. The molecule has 7 heteroatoms. The molecule has 0 bridgehead atoms. The molecule has 0 spiro atoms. The Morgan fingerprint density at radius 2 is 1.94 bits per heavy atom. The van der Waals surface area contributed by atoms with E-state index in [0.29, 0.717) is 0 Å². The molecule has 1 atom stereocenters. The molecule has 3 N–H and O–H groups in total. The Morgan fingerprint density at radius 3 is 2.25 bits per heavy atom. The average molecular weight is 242 g/mol. The molecule has 4 nitrogen and oxygen atoms in total. The number of hydrogen-bond acceptors (Lipinski definition) is 3. The van der Waals surface area contributed by atoms with Crippen LogP contribution in [0, 0.1) is 0 Å². The van der Waals surface area contributed by atoms with Crippen molar-refractivity contribution < 1.29 is 23.1 Å². The molecule has 0 rings (SSSR count). The summed E-state index contributed by atoms with van der Waals surface area (Å²) in [5, 5.41) is 8.69. The van der Waals surface area contributed by atoms with E-state index in [1.54, 1.807) is 6.92 Å². The van der Waals surface area contributed by atoms with E-state index in [1.165, 1.54) is 6.92 Å². The molecule has 0 aromatic heterocycles. The maximum atomic E-state index is 12.1. The number of hydrogen-bond donors (Lipinski definition) is 2. The third-order valence-corrected chi connectivity index (χ3v) is 2.29. The van der Waals surface area contributed by atoms with Crippen molar-refractivity contribution in [1.29, 1.82) is 0 Å². The molecule has 0 heterocycles. The largest absolute Gasteiger partial charge is 0.480 e. The number of nitrogens with two attached hydrogens (primary N) is 1. The highest BCUT2D eigenvalue weighted by Crippen LogP contribution is 2.17. The van der Waals surface area contributed by atoms with Crippen LogP contribution in [0.15, 0.2) is 0 Å². The minimum absolute atomic E-state index is 0.00924. The van der Waals surface area contributed by atoms with Gasteiger partial charge in [0.05, 0.1) is 6.54 Å². The van der Waals surface area contributed by atoms with E-state index >= 15 is 0 Å². The van der Waals surface area contributed by atoms with Crippen molar-refractivity contribution in [2.75, 3.05) is 19.6 Å². The van der Waals surface area contributed by atoms with Crippen molar-refractivity contribution in [2.24, 2.45) is 5.73 Å². The summed E-state index contributed by atoms with van der Waals surface area (Å²) < 4.78 is 36.2. The number of carboxylic acids is 1. The zero-order valence-corrected chi connectivity index (χ0v) is 9.34. The van der Waals surface area contributed by atoms with Crippen molar-refractivity contribution >= 4 is 5.97 Å². The Labute approximate surface area is 92.2 Å². The number of carboxylic acid groups (broad SMARTS) is 1. The Morgan fingerprint density at radius 1 is 1.44 bits per heavy atom. The first-order valence-corrected chi connectivity index (χ1v) is 4.90. The van der Waals surface area contributed by atoms with Crippen LogP contribution in [0.2, 0.25) is 0 Å². The molecule has 0 amide bonds. The summed E-state index contributed by atoms with van der Waals surface area (Å²) in [7, 11) is 0. The van der Waals surface area contributed by atoms with Crippen LogP contribution in [0.1, 0.15) is 20.3 Å². The Bertz CT molecular complexity index is 241. The van der Waals surface area contributed by atoms with Crippen LogP contribution in [0.3, 0.4) is 0 Å². The second kappa shape index (κ2) is 5.49. The van der Waals surface area contributed by atoms with Crippen molar-refractivity contribution in [3.8, 4) is 0 Å². The molecule has 0 saturated heterocycles. The smallest absolute Gasteiger partial charge is 0.401 e. The number of nitrogens with zero attached hydrogens (tertiary/aromatic N) is 1. The summed E-state index contributed by atoms with van der Waals surface area (Å²) in [6.45, 7) is 2.04. The SMILES string of the molecule is CCN(CCC(C)(N)C(=O)O)CC(F)(F)F. The maximum Gasteiger partial charge on any atom is 0.401 e. The molecule has 0 aliphatic rings. The van der Waals surface area contributed by atoms with Gasteiger partial charge in [0.25, 0.3) is 0 Å². The van der Waals surface area contributed by atoms with Crippen LogP contribution in [0.5, 0.6) is 0 Å². The van der Waals surface area contributed by atoms with Gasteiger partial charge in [0.2, 0.25) is 0 Å². The third-order valence-electron chi connectivity index (χ3n) is 2.29. The van der Waals surface area contributed by atoms with Gasteiger partial charge in [-0.3, -0.25) is 9.69 Å². The van der Waals surface area contributed by atoms with Gasteiger partial charge < -0.3 is 10.8 Å². The normalized spacial score (nSPS) is 16.2. The van der Waals surface area contributed by atoms with E-state index in [9.17, 15) is 18.0 Å². The van der Waals surface area contributed by atoms with Crippen molar-refractivity contribution in [1.82, 2.24) is 4.90 Å². The summed E-state index contributed by atoms with van der Waals surface area (Å²) in [4.78, 5) is 11.8. The Balaban J connectivity index is 4.21. The highest BCUT2D eigenvalue weighted by Gasteiger charge is 2.32. The van der Waals surface area contributed by atoms with Crippen molar-refractivity contribution in [3.05, 3.63) is 0 Å². The lowest BCUT2D eigenvalue weighted by Gasteiger charge is -2.26. The van der Waals surface area contributed by atoms with E-state index in [-0.39, 0.29) is 19.5 Å². The zero-order valence-electron chi connectivity index (χ0n) is 9.34. The molecule has 0 radical (unpaired) electrons. The van der Waals surface area contributed by atoms with Gasteiger partial charge in [-0.05, 0) is 19.9 Å². The van der Waals surface area contributed by atoms with Gasteiger partial charge in [-0.1, -0.05) is 6.92 Å². The highest BCUT2D eigenvalue weighted by molar-refractivity contribution is 5.77. The number of rotatable bonds is 6. The number of halogens is 3. The second-order valence-corrected chi connectivity index (χ2v) is 3.96. The standard InChI is InChI=1S/C9H17F3N2O2/c1-3-14(6-9(10,11)12)5-4-8(2,13)7(15)16/h3-6,13H2,1-2H3,(H,15,16). The molecule has 0 aliphatic carbocycles. The number of carbonyl (C=O) groups is 1. The molecule has 0 aromatic carbocycles. The molecular formula is C9H17F3N2O2. The Hall–Kier alpha value is -0.820. The van der Waals surface area contributed by atoms with Gasteiger partial charge in [0.1, 0.15) is 5.54 Å². The first kappa shape index (κ1) is 15.2. The molecule has 0 aromatic rings. The fraction of sp³-hybridized carbons (Fsp3) is 0.889. The maximum absolute atomic E-state index is 12.1. The predicted octanol–water partition coefficient (Wildman–Crippen LogP) is 1.06. The van der Waals surface area contributed by atoms with Gasteiger partial charge in [0.15, 0.2) is 0 Å². The monoisotopic (exact) mass is 242 g/mol. The summed E-state index contributed by atoms with van der Waals surface area (Å²) in [6, 6.07) is 0. The zero-order chi connectivity index (χ0) is 13.0. The van der Waals surface area contributed by atoms with Crippen LogP contribution in [-0.4, -0.2) is 47.3 Å². The average Bonchev–Trinajstić information content (AvgIpc) is 2.10. The molecular weight excluding hydrogens is 225 g/mol. The van der Waals surface area contributed by atoms with E-state index < -0.39 is 24.2 Å². The number of alkyl halides is 3. The third kappa shape index (κ3) is 5.92. The molecule has 16 heavy (non-hydrogen) atoms. The van der Waals surface area contributed by atoms with Gasteiger partial charge in [-0.25, -0.2) is 0 Å². The second-order valence-electron chi connectivity index (χ2n) is 3.96. The quantitative estimate of drug-likeness (QED) is 0.731. The van der Waals surface area contributed by atoms with E-state index in [4.69, 9.17) is 10.8 Å². The summed E-state index contributed by atoms with van der Waals surface area (Å²) in [5.41, 5.74) is 3.93. The van der Waals surface area contributed by atoms with E-state index in [0.717, 1.165) is 4.90 Å². The first-order valence-electron chi connectivity index (χ1n) is 4.90. The van der Waals surface area contributed by atoms with E-state index in [1.807, 2.05) is 0 Å². The van der Waals surface area contributed by atoms with Gasteiger partial charge in [-0.2, -0.15) is 13.2 Å². The van der Waals surface area contributed by atoms with Crippen molar-refractivity contribution in [2.45, 2.75) is 32.0 Å². The first-order chi connectivity index (χ1) is 7.08.